The lowest BCUT2D eigenvalue weighted by molar-refractivity contribution is 0.0391. The number of morpholine rings is 1. The summed E-state index contributed by atoms with van der Waals surface area (Å²) >= 11 is 7.81. The number of hydrogen-bond acceptors (Lipinski definition) is 6. The Kier molecular flexibility index (Phi) is 6.38. The van der Waals surface area contributed by atoms with Crippen molar-refractivity contribution in [3.05, 3.63) is 40.2 Å². The minimum Gasteiger partial charge on any atom is -0.379 e. The van der Waals surface area contributed by atoms with Crippen LogP contribution in [0.4, 0.5) is 5.13 Å². The Hall–Kier alpha value is -2.00. The molecule has 1 aliphatic rings. The van der Waals surface area contributed by atoms with Gasteiger partial charge >= 0.3 is 0 Å². The molecule has 3 heterocycles. The summed E-state index contributed by atoms with van der Waals surface area (Å²) < 4.78 is 8.23. The van der Waals surface area contributed by atoms with Crippen LogP contribution in [0.5, 0.6) is 0 Å². The summed E-state index contributed by atoms with van der Waals surface area (Å²) in [6.07, 6.45) is 0. The van der Waals surface area contributed by atoms with E-state index in [0.717, 1.165) is 54.3 Å². The first-order chi connectivity index (χ1) is 14.5. The first-order valence-corrected chi connectivity index (χ1v) is 11.4. The molecule has 1 amide bonds. The first-order valence-electron chi connectivity index (χ1n) is 10.2. The van der Waals surface area contributed by atoms with Crippen molar-refractivity contribution in [3.8, 4) is 0 Å². The molecular weight excluding hydrogens is 422 g/mol. The molecular formula is C21H26ClN5O2S. The van der Waals surface area contributed by atoms with E-state index >= 15 is 0 Å². The number of aryl methyl sites for hydroxylation is 3. The van der Waals surface area contributed by atoms with Gasteiger partial charge in [0.05, 0.1) is 29.1 Å². The maximum atomic E-state index is 13.6. The number of aromatic nitrogens is 3. The highest BCUT2D eigenvalue weighted by Gasteiger charge is 2.26. The lowest BCUT2D eigenvalue weighted by Crippen LogP contribution is -2.43. The van der Waals surface area contributed by atoms with Gasteiger partial charge in [-0.1, -0.05) is 22.9 Å². The number of benzene rings is 1. The molecule has 0 saturated carbocycles. The van der Waals surface area contributed by atoms with Gasteiger partial charge < -0.3 is 4.74 Å². The maximum Gasteiger partial charge on any atom is 0.278 e. The summed E-state index contributed by atoms with van der Waals surface area (Å²) in [5.74, 6) is -0.0754. The van der Waals surface area contributed by atoms with Crippen LogP contribution in [0.15, 0.2) is 18.2 Å². The van der Waals surface area contributed by atoms with Gasteiger partial charge in [0.15, 0.2) is 5.13 Å². The van der Waals surface area contributed by atoms with E-state index in [1.807, 2.05) is 39.0 Å². The molecule has 0 unspecified atom stereocenters. The Morgan fingerprint density at radius 2 is 2.07 bits per heavy atom. The summed E-state index contributed by atoms with van der Waals surface area (Å²) in [5.41, 5.74) is 3.21. The second kappa shape index (κ2) is 9.01. The van der Waals surface area contributed by atoms with Gasteiger partial charge in [0.1, 0.15) is 5.69 Å². The Balaban J connectivity index is 1.69. The molecule has 1 aliphatic heterocycles. The van der Waals surface area contributed by atoms with E-state index in [0.29, 0.717) is 28.9 Å². The number of thiazole rings is 1. The number of ether oxygens (including phenoxy) is 1. The SMILES string of the molecule is CCn1nc(C)cc1C(=O)N(CCN1CCOCC1)c1nc2c(C)c(Cl)ccc2s1. The van der Waals surface area contributed by atoms with E-state index in [2.05, 4.69) is 10.00 Å². The minimum atomic E-state index is -0.0754. The third-order valence-corrected chi connectivity index (χ3v) is 6.83. The van der Waals surface area contributed by atoms with Crippen molar-refractivity contribution in [1.82, 2.24) is 19.7 Å². The predicted molar refractivity (Wildman–Crippen MR) is 121 cm³/mol. The van der Waals surface area contributed by atoms with E-state index in [9.17, 15) is 4.79 Å². The summed E-state index contributed by atoms with van der Waals surface area (Å²) in [7, 11) is 0. The van der Waals surface area contributed by atoms with Gasteiger partial charge in [-0.15, -0.1) is 0 Å². The maximum absolute atomic E-state index is 13.6. The molecule has 0 radical (unpaired) electrons. The van der Waals surface area contributed by atoms with Gasteiger partial charge in [0, 0.05) is 37.7 Å². The van der Waals surface area contributed by atoms with E-state index in [-0.39, 0.29) is 5.91 Å². The fourth-order valence-corrected chi connectivity index (χ4v) is 4.85. The van der Waals surface area contributed by atoms with Crippen LogP contribution in [-0.2, 0) is 11.3 Å². The third kappa shape index (κ3) is 4.23. The average Bonchev–Trinajstić information content (AvgIpc) is 3.35. The van der Waals surface area contributed by atoms with Crippen molar-refractivity contribution in [2.45, 2.75) is 27.3 Å². The van der Waals surface area contributed by atoms with Crippen molar-refractivity contribution in [2.24, 2.45) is 0 Å². The van der Waals surface area contributed by atoms with E-state index in [1.165, 1.54) is 11.3 Å². The molecule has 3 aromatic rings. The van der Waals surface area contributed by atoms with Crippen LogP contribution in [-0.4, -0.2) is 65.0 Å². The van der Waals surface area contributed by atoms with E-state index in [4.69, 9.17) is 21.3 Å². The molecule has 9 heteroatoms. The summed E-state index contributed by atoms with van der Waals surface area (Å²) in [5, 5.41) is 5.83. The lowest BCUT2D eigenvalue weighted by Gasteiger charge is -2.29. The van der Waals surface area contributed by atoms with Crippen molar-refractivity contribution >= 4 is 44.2 Å². The first kappa shape index (κ1) is 21.2. The predicted octanol–water partition coefficient (Wildman–Crippen LogP) is 3.76. The molecule has 1 fully saturated rings. The highest BCUT2D eigenvalue weighted by atomic mass is 35.5. The fraction of sp³-hybridized carbons (Fsp3) is 0.476. The largest absolute Gasteiger partial charge is 0.379 e. The molecule has 0 spiro atoms. The molecule has 0 N–H and O–H groups in total. The molecule has 0 atom stereocenters. The number of amides is 1. The monoisotopic (exact) mass is 447 g/mol. The van der Waals surface area contributed by atoms with Crippen LogP contribution in [0.3, 0.4) is 0 Å². The lowest BCUT2D eigenvalue weighted by atomic mass is 10.2. The van der Waals surface area contributed by atoms with Crippen LogP contribution in [0.1, 0.15) is 28.7 Å². The normalized spacial score (nSPS) is 15.1. The van der Waals surface area contributed by atoms with Crippen LogP contribution >= 0.6 is 22.9 Å². The number of rotatable bonds is 6. The van der Waals surface area contributed by atoms with Crippen LogP contribution < -0.4 is 4.90 Å². The molecule has 160 valence electrons. The molecule has 0 bridgehead atoms. The minimum absolute atomic E-state index is 0.0754. The number of anilines is 1. The topological polar surface area (TPSA) is 63.5 Å². The Morgan fingerprint density at radius 3 is 2.80 bits per heavy atom. The number of carbonyl (C=O) groups is 1. The summed E-state index contributed by atoms with van der Waals surface area (Å²) in [4.78, 5) is 22.5. The number of fused-ring (bicyclic) bond motifs is 1. The molecule has 2 aromatic heterocycles. The van der Waals surface area contributed by atoms with Gasteiger partial charge in [-0.25, -0.2) is 4.98 Å². The summed E-state index contributed by atoms with van der Waals surface area (Å²) in [6.45, 7) is 11.0. The van der Waals surface area contributed by atoms with Gasteiger partial charge in [-0.2, -0.15) is 5.10 Å². The van der Waals surface area contributed by atoms with Gasteiger partial charge in [-0.05, 0) is 44.5 Å². The van der Waals surface area contributed by atoms with E-state index < -0.39 is 0 Å². The summed E-state index contributed by atoms with van der Waals surface area (Å²) in [6, 6.07) is 5.70. The average molecular weight is 448 g/mol. The molecule has 1 saturated heterocycles. The zero-order chi connectivity index (χ0) is 21.3. The highest BCUT2D eigenvalue weighted by Crippen LogP contribution is 2.34. The highest BCUT2D eigenvalue weighted by molar-refractivity contribution is 7.22. The van der Waals surface area contributed by atoms with Crippen LogP contribution in [0, 0.1) is 13.8 Å². The molecule has 7 nitrogen and oxygen atoms in total. The molecule has 30 heavy (non-hydrogen) atoms. The smallest absolute Gasteiger partial charge is 0.278 e. The van der Waals surface area contributed by atoms with Crippen LogP contribution in [0.25, 0.3) is 10.2 Å². The second-order valence-electron chi connectivity index (χ2n) is 7.41. The third-order valence-electron chi connectivity index (χ3n) is 5.38. The van der Waals surface area contributed by atoms with E-state index in [1.54, 1.807) is 9.58 Å². The Bertz CT molecular complexity index is 1060. The Morgan fingerprint density at radius 1 is 1.30 bits per heavy atom. The van der Waals surface area contributed by atoms with Crippen molar-refractivity contribution in [3.63, 3.8) is 0 Å². The van der Waals surface area contributed by atoms with Gasteiger partial charge in [0.25, 0.3) is 5.91 Å². The number of hydrogen-bond donors (Lipinski definition) is 0. The molecule has 0 aliphatic carbocycles. The zero-order valence-electron chi connectivity index (χ0n) is 17.5. The molecule has 4 rings (SSSR count). The quantitative estimate of drug-likeness (QED) is 0.575. The second-order valence-corrected chi connectivity index (χ2v) is 8.83. The van der Waals surface area contributed by atoms with Crippen molar-refractivity contribution in [1.29, 1.82) is 0 Å². The Labute approximate surface area is 185 Å². The number of halogens is 1. The van der Waals surface area contributed by atoms with Gasteiger partial charge in [0.2, 0.25) is 0 Å². The van der Waals surface area contributed by atoms with Crippen molar-refractivity contribution in [2.75, 3.05) is 44.3 Å². The van der Waals surface area contributed by atoms with Crippen molar-refractivity contribution < 1.29 is 9.53 Å². The number of carbonyl (C=O) groups excluding carboxylic acids is 1. The zero-order valence-corrected chi connectivity index (χ0v) is 19.1. The molecule has 1 aromatic carbocycles. The fourth-order valence-electron chi connectivity index (χ4n) is 3.65. The van der Waals surface area contributed by atoms with Crippen LogP contribution in [0.2, 0.25) is 5.02 Å². The van der Waals surface area contributed by atoms with Gasteiger partial charge in [-0.3, -0.25) is 19.3 Å². The number of nitrogens with zero attached hydrogens (tertiary/aromatic N) is 5. The standard InChI is InChI=1S/C21H26ClN5O2S/c1-4-27-17(13-14(2)24-27)20(28)26(8-7-25-9-11-29-12-10-25)21-23-19-15(3)16(22)5-6-18(19)30-21/h5-6,13H,4,7-12H2,1-3H3.